The van der Waals surface area contributed by atoms with Gasteiger partial charge in [0.25, 0.3) is 11.7 Å². The number of fused-ring (bicyclic) bond motifs is 1. The van der Waals surface area contributed by atoms with Crippen LogP contribution < -0.4 is 4.74 Å². The lowest BCUT2D eigenvalue weighted by atomic mass is 9.96. The van der Waals surface area contributed by atoms with Gasteiger partial charge in [-0.05, 0) is 60.9 Å². The molecule has 3 heterocycles. The third-order valence-electron chi connectivity index (χ3n) is 6.28. The Morgan fingerprint density at radius 3 is 2.63 bits per heavy atom. The zero-order valence-corrected chi connectivity index (χ0v) is 19.3. The molecular formula is C28H25N3O4. The van der Waals surface area contributed by atoms with Gasteiger partial charge in [0.1, 0.15) is 11.5 Å². The van der Waals surface area contributed by atoms with Crippen LogP contribution in [0.25, 0.3) is 16.7 Å². The lowest BCUT2D eigenvalue weighted by Crippen LogP contribution is -2.31. The summed E-state index contributed by atoms with van der Waals surface area (Å²) in [6, 6.07) is 17.6. The number of ketones is 1. The number of aliphatic hydroxyl groups is 1. The molecule has 0 spiro atoms. The number of pyridine rings is 1. The summed E-state index contributed by atoms with van der Waals surface area (Å²) in [5, 5.41) is 12.3. The predicted octanol–water partition coefficient (Wildman–Crippen LogP) is 4.63. The number of carbonyl (C=O) groups is 2. The van der Waals surface area contributed by atoms with Crippen molar-refractivity contribution in [1.82, 2.24) is 14.9 Å². The topological polar surface area (TPSA) is 95.5 Å². The highest BCUT2D eigenvalue weighted by Gasteiger charge is 2.46. The molecule has 4 aromatic rings. The Morgan fingerprint density at radius 1 is 1.09 bits per heavy atom. The first-order valence-electron chi connectivity index (χ1n) is 11.5. The van der Waals surface area contributed by atoms with Crippen molar-refractivity contribution >= 4 is 28.4 Å². The Kier molecular flexibility index (Phi) is 6.06. The fraction of sp³-hybridized carbons (Fsp3) is 0.179. The first kappa shape index (κ1) is 22.4. The van der Waals surface area contributed by atoms with Gasteiger partial charge in [-0.15, -0.1) is 0 Å². The highest BCUT2D eigenvalue weighted by atomic mass is 16.5. The van der Waals surface area contributed by atoms with Crippen LogP contribution in [0.1, 0.15) is 29.7 Å². The molecule has 0 bridgehead atoms. The first-order valence-corrected chi connectivity index (χ1v) is 11.5. The summed E-state index contributed by atoms with van der Waals surface area (Å²) in [5.41, 5.74) is 3.24. The van der Waals surface area contributed by atoms with Gasteiger partial charge in [0.05, 0.1) is 18.2 Å². The number of benzene rings is 2. The Bertz CT molecular complexity index is 1410. The maximum Gasteiger partial charge on any atom is 0.295 e. The largest absolute Gasteiger partial charge is 0.507 e. The highest BCUT2D eigenvalue weighted by Crippen LogP contribution is 2.39. The van der Waals surface area contributed by atoms with Crippen LogP contribution in [-0.2, 0) is 16.0 Å². The van der Waals surface area contributed by atoms with Crippen molar-refractivity contribution < 1.29 is 19.4 Å². The lowest BCUT2D eigenvalue weighted by Gasteiger charge is -2.25. The number of nitrogens with zero attached hydrogens (tertiary/aromatic N) is 2. The molecule has 1 aliphatic heterocycles. The number of aromatic amines is 1. The molecule has 0 saturated carbocycles. The minimum Gasteiger partial charge on any atom is -0.507 e. The zero-order valence-electron chi connectivity index (χ0n) is 19.3. The number of amides is 1. The van der Waals surface area contributed by atoms with Crippen molar-refractivity contribution in [2.45, 2.75) is 19.4 Å². The first-order chi connectivity index (χ1) is 17.1. The third kappa shape index (κ3) is 4.17. The number of H-pyrrole nitrogens is 1. The van der Waals surface area contributed by atoms with Crippen LogP contribution in [0.4, 0.5) is 0 Å². The molecule has 1 fully saturated rings. The van der Waals surface area contributed by atoms with Crippen molar-refractivity contribution in [3.63, 3.8) is 0 Å². The van der Waals surface area contributed by atoms with E-state index in [-0.39, 0.29) is 11.3 Å². The normalized spacial score (nSPS) is 17.3. The molecule has 2 aromatic carbocycles. The third-order valence-corrected chi connectivity index (χ3v) is 6.28. The summed E-state index contributed by atoms with van der Waals surface area (Å²) in [6.45, 7) is 2.72. The van der Waals surface area contributed by atoms with E-state index in [4.69, 9.17) is 4.74 Å². The minimum atomic E-state index is -0.736. The summed E-state index contributed by atoms with van der Waals surface area (Å²) in [7, 11) is 0. The van der Waals surface area contributed by atoms with Gasteiger partial charge in [0.2, 0.25) is 0 Å². The van der Waals surface area contributed by atoms with E-state index in [0.717, 1.165) is 16.5 Å². The molecule has 35 heavy (non-hydrogen) atoms. The Labute approximate surface area is 202 Å². The molecular weight excluding hydrogens is 442 g/mol. The maximum atomic E-state index is 13.2. The van der Waals surface area contributed by atoms with Crippen molar-refractivity contribution in [1.29, 1.82) is 0 Å². The lowest BCUT2D eigenvalue weighted by molar-refractivity contribution is -0.139. The van der Waals surface area contributed by atoms with Crippen molar-refractivity contribution in [3.8, 4) is 5.75 Å². The number of aromatic nitrogens is 2. The number of aliphatic hydroxyl groups excluding tert-OH is 1. The molecule has 176 valence electrons. The molecule has 5 rings (SSSR count). The molecule has 0 radical (unpaired) electrons. The van der Waals surface area contributed by atoms with E-state index in [1.54, 1.807) is 42.7 Å². The fourth-order valence-electron chi connectivity index (χ4n) is 4.61. The fourth-order valence-corrected chi connectivity index (χ4v) is 4.61. The Hall–Kier alpha value is -4.39. The SMILES string of the molecule is CCOc1ccc(C(O)=C2C(=O)C(=O)N(CCc3c[nH]c4ccccc34)C2c2cccnc2)cc1. The van der Waals surface area contributed by atoms with Crippen molar-refractivity contribution in [3.05, 3.63) is 102 Å². The summed E-state index contributed by atoms with van der Waals surface area (Å²) in [6.07, 6.45) is 5.74. The van der Waals surface area contributed by atoms with Gasteiger partial charge in [0.15, 0.2) is 0 Å². The summed E-state index contributed by atoms with van der Waals surface area (Å²) < 4.78 is 5.47. The van der Waals surface area contributed by atoms with Crippen molar-refractivity contribution in [2.75, 3.05) is 13.2 Å². The molecule has 2 aromatic heterocycles. The molecule has 0 aliphatic carbocycles. The Morgan fingerprint density at radius 2 is 1.89 bits per heavy atom. The van der Waals surface area contributed by atoms with Gasteiger partial charge in [-0.1, -0.05) is 24.3 Å². The summed E-state index contributed by atoms with van der Waals surface area (Å²) in [4.78, 5) is 35.3. The molecule has 7 nitrogen and oxygen atoms in total. The molecule has 2 N–H and O–H groups in total. The molecule has 7 heteroatoms. The number of Topliss-reactive ketones (excluding diaryl/α,β-unsaturated/α-hetero) is 1. The number of rotatable bonds is 7. The second kappa shape index (κ2) is 9.46. The second-order valence-corrected chi connectivity index (χ2v) is 8.35. The molecule has 1 unspecified atom stereocenters. The number of para-hydroxylation sites is 1. The molecule has 1 saturated heterocycles. The van der Waals surface area contributed by atoms with Gasteiger partial charge < -0.3 is 19.7 Å². The van der Waals surface area contributed by atoms with E-state index >= 15 is 0 Å². The van der Waals surface area contributed by atoms with E-state index in [9.17, 15) is 14.7 Å². The average molecular weight is 468 g/mol. The number of hydrogen-bond acceptors (Lipinski definition) is 5. The standard InChI is InChI=1S/C28H25N3O4/c1-2-35-21-11-9-18(10-12-21)26(32)24-25(20-6-5-14-29-16-20)31(28(34)27(24)33)15-13-19-17-30-23-8-4-3-7-22(19)23/h3-12,14,16-17,25,30,32H,2,13,15H2,1H3. The number of carbonyl (C=O) groups excluding carboxylic acids is 2. The number of ether oxygens (including phenoxy) is 1. The van der Waals surface area contributed by atoms with Crippen LogP contribution in [-0.4, -0.2) is 44.8 Å². The van der Waals surface area contributed by atoms with E-state index in [2.05, 4.69) is 9.97 Å². The van der Waals surface area contributed by atoms with E-state index in [1.807, 2.05) is 43.5 Å². The van der Waals surface area contributed by atoms with Gasteiger partial charge in [-0.2, -0.15) is 0 Å². The summed E-state index contributed by atoms with van der Waals surface area (Å²) in [5.74, 6) is -0.891. The maximum absolute atomic E-state index is 13.2. The molecule has 1 amide bonds. The van der Waals surface area contributed by atoms with Crippen LogP contribution in [0, 0.1) is 0 Å². The predicted molar refractivity (Wildman–Crippen MR) is 133 cm³/mol. The average Bonchev–Trinajstić information content (AvgIpc) is 3.42. The molecule has 1 atom stereocenters. The van der Waals surface area contributed by atoms with Crippen LogP contribution >= 0.6 is 0 Å². The highest BCUT2D eigenvalue weighted by molar-refractivity contribution is 6.46. The minimum absolute atomic E-state index is 0.0612. The number of nitrogens with one attached hydrogen (secondary N) is 1. The van der Waals surface area contributed by atoms with Crippen LogP contribution in [0.5, 0.6) is 5.75 Å². The van der Waals surface area contributed by atoms with E-state index in [0.29, 0.717) is 36.4 Å². The van der Waals surface area contributed by atoms with Crippen molar-refractivity contribution in [2.24, 2.45) is 0 Å². The number of hydrogen-bond donors (Lipinski definition) is 2. The van der Waals surface area contributed by atoms with Crippen LogP contribution in [0.15, 0.2) is 84.8 Å². The number of likely N-dealkylation sites (tertiary alicyclic amines) is 1. The summed E-state index contributed by atoms with van der Waals surface area (Å²) >= 11 is 0. The smallest absolute Gasteiger partial charge is 0.295 e. The van der Waals surface area contributed by atoms with Gasteiger partial charge >= 0.3 is 0 Å². The zero-order chi connectivity index (χ0) is 24.4. The van der Waals surface area contributed by atoms with Gasteiger partial charge in [-0.25, -0.2) is 0 Å². The Balaban J connectivity index is 1.52. The molecule has 1 aliphatic rings. The van der Waals surface area contributed by atoms with Crippen LogP contribution in [0.3, 0.4) is 0 Å². The van der Waals surface area contributed by atoms with E-state index < -0.39 is 17.7 Å². The van der Waals surface area contributed by atoms with E-state index in [1.165, 1.54) is 4.90 Å². The van der Waals surface area contributed by atoms with Gasteiger partial charge in [-0.3, -0.25) is 14.6 Å². The van der Waals surface area contributed by atoms with Gasteiger partial charge in [0, 0.05) is 41.6 Å². The quantitative estimate of drug-likeness (QED) is 0.235. The monoisotopic (exact) mass is 467 g/mol. The second-order valence-electron chi connectivity index (χ2n) is 8.35. The van der Waals surface area contributed by atoms with Crippen LogP contribution in [0.2, 0.25) is 0 Å².